The summed E-state index contributed by atoms with van der Waals surface area (Å²) in [5, 5.41) is 0. The van der Waals surface area contributed by atoms with E-state index in [2.05, 4.69) is 27.6 Å². The molecule has 0 spiro atoms. The molecule has 1 aromatic carbocycles. The van der Waals surface area contributed by atoms with E-state index in [9.17, 15) is 8.42 Å². The van der Waals surface area contributed by atoms with Crippen LogP contribution in [0.15, 0.2) is 27.6 Å². The van der Waals surface area contributed by atoms with Gasteiger partial charge < -0.3 is 5.73 Å². The highest BCUT2D eigenvalue weighted by Gasteiger charge is 2.24. The lowest BCUT2D eigenvalue weighted by atomic mass is 9.81. The first-order valence-electron chi connectivity index (χ1n) is 6.95. The zero-order valence-corrected chi connectivity index (χ0v) is 14.0. The minimum atomic E-state index is -3.53. The molecule has 2 rings (SSSR count). The van der Waals surface area contributed by atoms with Crippen molar-refractivity contribution in [3.63, 3.8) is 0 Å². The number of anilines is 1. The van der Waals surface area contributed by atoms with E-state index in [1.165, 1.54) is 25.3 Å². The Morgan fingerprint density at radius 2 is 2.05 bits per heavy atom. The summed E-state index contributed by atoms with van der Waals surface area (Å²) in [5.41, 5.74) is 6.06. The Kier molecular flexibility index (Phi) is 5.09. The molecule has 0 aromatic heterocycles. The van der Waals surface area contributed by atoms with E-state index in [1.54, 1.807) is 12.1 Å². The minimum Gasteiger partial charge on any atom is -0.398 e. The second-order valence-electron chi connectivity index (χ2n) is 5.56. The van der Waals surface area contributed by atoms with E-state index >= 15 is 0 Å². The highest BCUT2D eigenvalue weighted by atomic mass is 79.9. The first kappa shape index (κ1) is 15.8. The van der Waals surface area contributed by atoms with Gasteiger partial charge in [0.2, 0.25) is 10.0 Å². The van der Waals surface area contributed by atoms with Crippen LogP contribution in [0.2, 0.25) is 0 Å². The summed E-state index contributed by atoms with van der Waals surface area (Å²) in [4.78, 5) is 0.157. The number of nitrogens with one attached hydrogen (secondary N) is 1. The van der Waals surface area contributed by atoms with Crippen molar-refractivity contribution >= 4 is 31.6 Å². The van der Waals surface area contributed by atoms with E-state index in [1.807, 2.05) is 0 Å². The molecule has 6 heteroatoms. The highest BCUT2D eigenvalue weighted by Crippen LogP contribution is 2.29. The second kappa shape index (κ2) is 6.45. The second-order valence-corrected chi connectivity index (χ2v) is 8.21. The summed E-state index contributed by atoms with van der Waals surface area (Å²) in [6.45, 7) is 2.70. The zero-order valence-electron chi connectivity index (χ0n) is 11.6. The number of halogens is 1. The first-order valence-corrected chi connectivity index (χ1v) is 9.22. The van der Waals surface area contributed by atoms with Gasteiger partial charge in [0, 0.05) is 11.0 Å². The number of sulfonamides is 1. The van der Waals surface area contributed by atoms with Gasteiger partial charge in [-0.25, -0.2) is 13.1 Å². The van der Waals surface area contributed by atoms with Crippen LogP contribution in [0.25, 0.3) is 0 Å². The number of benzene rings is 1. The number of nitrogens with two attached hydrogens (primary N) is 1. The molecule has 0 radical (unpaired) electrons. The lowest BCUT2D eigenvalue weighted by Crippen LogP contribution is -2.33. The summed E-state index contributed by atoms with van der Waals surface area (Å²) >= 11 is 3.28. The van der Waals surface area contributed by atoms with E-state index in [0.29, 0.717) is 18.4 Å². The van der Waals surface area contributed by atoms with Crippen molar-refractivity contribution in [1.82, 2.24) is 4.72 Å². The molecular weight excluding hydrogens is 340 g/mol. The number of hydrogen-bond acceptors (Lipinski definition) is 3. The number of hydrogen-bond donors (Lipinski definition) is 2. The fraction of sp³-hybridized carbons (Fsp3) is 0.571. The van der Waals surface area contributed by atoms with Crippen molar-refractivity contribution in [2.75, 3.05) is 12.3 Å². The van der Waals surface area contributed by atoms with Crippen LogP contribution < -0.4 is 10.5 Å². The standard InChI is InChI=1S/C14H21BrN2O2S/c1-10-4-2-3-5-11(10)9-17-20(18,19)14-7-6-12(15)8-13(14)16/h6-8,10-11,17H,2-5,9,16H2,1H3. The van der Waals surface area contributed by atoms with Crippen LogP contribution in [0.1, 0.15) is 32.6 Å². The van der Waals surface area contributed by atoms with Crippen LogP contribution in [-0.2, 0) is 10.0 Å². The quantitative estimate of drug-likeness (QED) is 0.810. The van der Waals surface area contributed by atoms with Crippen molar-refractivity contribution in [1.29, 1.82) is 0 Å². The maximum atomic E-state index is 12.3. The van der Waals surface area contributed by atoms with Gasteiger partial charge in [-0.15, -0.1) is 0 Å². The summed E-state index contributed by atoms with van der Waals surface area (Å²) < 4.78 is 28.1. The Morgan fingerprint density at radius 3 is 2.70 bits per heavy atom. The van der Waals surface area contributed by atoms with Crippen LogP contribution in [0.5, 0.6) is 0 Å². The van der Waals surface area contributed by atoms with Crippen LogP contribution >= 0.6 is 15.9 Å². The van der Waals surface area contributed by atoms with Crippen LogP contribution in [-0.4, -0.2) is 15.0 Å². The van der Waals surface area contributed by atoms with Crippen LogP contribution in [0.3, 0.4) is 0 Å². The molecule has 4 nitrogen and oxygen atoms in total. The van der Waals surface area contributed by atoms with E-state index < -0.39 is 10.0 Å². The van der Waals surface area contributed by atoms with Crippen molar-refractivity contribution < 1.29 is 8.42 Å². The molecule has 0 bridgehead atoms. The third-order valence-electron chi connectivity index (χ3n) is 4.09. The van der Waals surface area contributed by atoms with Gasteiger partial charge in [-0.2, -0.15) is 0 Å². The Bertz CT molecular complexity index is 575. The fourth-order valence-corrected chi connectivity index (χ4v) is 4.34. The van der Waals surface area contributed by atoms with Crippen molar-refractivity contribution in [2.45, 2.75) is 37.5 Å². The SMILES string of the molecule is CC1CCCCC1CNS(=O)(=O)c1ccc(Br)cc1N. The minimum absolute atomic E-state index is 0.157. The van der Waals surface area contributed by atoms with Gasteiger partial charge in [-0.05, 0) is 36.5 Å². The van der Waals surface area contributed by atoms with Gasteiger partial charge in [0.05, 0.1) is 5.69 Å². The van der Waals surface area contributed by atoms with Crippen molar-refractivity contribution in [2.24, 2.45) is 11.8 Å². The summed E-state index contributed by atoms with van der Waals surface area (Å²) in [7, 11) is -3.53. The highest BCUT2D eigenvalue weighted by molar-refractivity contribution is 9.10. The van der Waals surface area contributed by atoms with Crippen LogP contribution in [0.4, 0.5) is 5.69 Å². The number of nitrogen functional groups attached to an aromatic ring is 1. The first-order chi connectivity index (χ1) is 9.40. The molecule has 2 atom stereocenters. The maximum absolute atomic E-state index is 12.3. The molecule has 0 saturated heterocycles. The fourth-order valence-electron chi connectivity index (χ4n) is 2.75. The van der Waals surface area contributed by atoms with E-state index in [4.69, 9.17) is 5.73 Å². The predicted octanol–water partition coefficient (Wildman–Crippen LogP) is 3.14. The Hall–Kier alpha value is -0.590. The molecule has 112 valence electrons. The molecule has 2 unspecified atom stereocenters. The Morgan fingerprint density at radius 1 is 1.35 bits per heavy atom. The molecule has 0 heterocycles. The lowest BCUT2D eigenvalue weighted by molar-refractivity contribution is 0.257. The normalized spacial score (nSPS) is 23.7. The molecule has 1 aromatic rings. The zero-order chi connectivity index (χ0) is 14.8. The smallest absolute Gasteiger partial charge is 0.242 e. The molecule has 1 aliphatic rings. The largest absolute Gasteiger partial charge is 0.398 e. The van der Waals surface area contributed by atoms with Crippen molar-refractivity contribution in [3.05, 3.63) is 22.7 Å². The van der Waals surface area contributed by atoms with Crippen LogP contribution in [0, 0.1) is 11.8 Å². The number of rotatable bonds is 4. The third-order valence-corrected chi connectivity index (χ3v) is 6.08. The molecule has 20 heavy (non-hydrogen) atoms. The van der Waals surface area contributed by atoms with Crippen molar-refractivity contribution in [3.8, 4) is 0 Å². The molecule has 1 saturated carbocycles. The van der Waals surface area contributed by atoms with Gasteiger partial charge in [0.15, 0.2) is 0 Å². The molecule has 1 fully saturated rings. The summed E-state index contributed by atoms with van der Waals surface area (Å²) in [6.07, 6.45) is 4.73. The molecular formula is C14H21BrN2O2S. The Labute approximate surface area is 129 Å². The summed E-state index contributed by atoms with van der Waals surface area (Å²) in [6, 6.07) is 4.83. The Balaban J connectivity index is 2.07. The average molecular weight is 361 g/mol. The molecule has 3 N–H and O–H groups in total. The van der Waals surface area contributed by atoms with Gasteiger partial charge >= 0.3 is 0 Å². The molecule has 1 aliphatic carbocycles. The maximum Gasteiger partial charge on any atom is 0.242 e. The monoisotopic (exact) mass is 360 g/mol. The van der Waals surface area contributed by atoms with E-state index in [-0.39, 0.29) is 10.6 Å². The third kappa shape index (κ3) is 3.74. The van der Waals surface area contributed by atoms with E-state index in [0.717, 1.165) is 10.9 Å². The summed E-state index contributed by atoms with van der Waals surface area (Å²) in [5.74, 6) is 1.00. The lowest BCUT2D eigenvalue weighted by Gasteiger charge is -2.28. The molecule has 0 aliphatic heterocycles. The van der Waals surface area contributed by atoms with Gasteiger partial charge in [0.1, 0.15) is 4.90 Å². The van der Waals surface area contributed by atoms with Gasteiger partial charge in [-0.3, -0.25) is 0 Å². The predicted molar refractivity (Wildman–Crippen MR) is 84.9 cm³/mol. The topological polar surface area (TPSA) is 72.2 Å². The van der Waals surface area contributed by atoms with Gasteiger partial charge in [-0.1, -0.05) is 42.1 Å². The molecule has 0 amide bonds. The average Bonchev–Trinajstić information content (AvgIpc) is 2.37. The van der Waals surface area contributed by atoms with Gasteiger partial charge in [0.25, 0.3) is 0 Å².